The predicted octanol–water partition coefficient (Wildman–Crippen LogP) is 1.03. The van der Waals surface area contributed by atoms with Crippen molar-refractivity contribution in [3.8, 4) is 6.08 Å². The van der Waals surface area contributed by atoms with Crippen LogP contribution >= 0.6 is 0 Å². The van der Waals surface area contributed by atoms with E-state index in [4.69, 9.17) is 14.3 Å². The second kappa shape index (κ2) is 5.32. The molecule has 2 heterocycles. The van der Waals surface area contributed by atoms with E-state index in [1.807, 2.05) is 0 Å². The lowest BCUT2D eigenvalue weighted by molar-refractivity contribution is 0.192. The molecule has 1 unspecified atom stereocenters. The van der Waals surface area contributed by atoms with Gasteiger partial charge in [0.2, 0.25) is 0 Å². The van der Waals surface area contributed by atoms with E-state index in [1.165, 1.54) is 25.6 Å². The molecule has 16 heavy (non-hydrogen) atoms. The molecule has 0 aromatic carbocycles. The van der Waals surface area contributed by atoms with Gasteiger partial charge in [-0.3, -0.25) is 0 Å². The lowest BCUT2D eigenvalue weighted by Gasteiger charge is -2.18. The Bertz CT molecular complexity index is 327. The van der Waals surface area contributed by atoms with Crippen LogP contribution in [-0.4, -0.2) is 41.2 Å². The van der Waals surface area contributed by atoms with Crippen molar-refractivity contribution >= 4 is 0 Å². The highest BCUT2D eigenvalue weighted by Crippen LogP contribution is 2.18. The average molecular weight is 226 g/mol. The van der Waals surface area contributed by atoms with Gasteiger partial charge in [0.1, 0.15) is 12.0 Å². The van der Waals surface area contributed by atoms with Crippen molar-refractivity contribution in [2.75, 3.05) is 20.2 Å². The Morgan fingerprint density at radius 2 is 2.56 bits per heavy atom. The highest BCUT2D eigenvalue weighted by atomic mass is 16.6. The Labute approximate surface area is 95.0 Å². The molecule has 1 atom stereocenters. The summed E-state index contributed by atoms with van der Waals surface area (Å²) in [6.45, 7) is 1.68. The summed E-state index contributed by atoms with van der Waals surface area (Å²) in [5, 5.41) is 8.80. The highest BCUT2D eigenvalue weighted by molar-refractivity contribution is 4.97. The molecule has 0 spiro atoms. The number of aliphatic hydroxyl groups excluding tert-OH is 1. The van der Waals surface area contributed by atoms with Gasteiger partial charge in [0.05, 0.1) is 13.2 Å². The minimum atomic E-state index is -0.113. The molecule has 5 heteroatoms. The molecule has 1 aromatic rings. The maximum Gasteiger partial charge on any atom is 0.393 e. The molecule has 1 aliphatic heterocycles. The van der Waals surface area contributed by atoms with Gasteiger partial charge in [0.15, 0.2) is 0 Å². The molecule has 1 aliphatic rings. The van der Waals surface area contributed by atoms with Crippen molar-refractivity contribution in [3.05, 3.63) is 12.0 Å². The number of hydrogen-bond donors (Lipinski definition) is 1. The minimum Gasteiger partial charge on any atom is -0.450 e. The zero-order chi connectivity index (χ0) is 11.4. The van der Waals surface area contributed by atoms with Crippen molar-refractivity contribution in [2.24, 2.45) is 0 Å². The monoisotopic (exact) mass is 226 g/mol. The maximum atomic E-state index is 8.80. The van der Waals surface area contributed by atoms with Gasteiger partial charge in [-0.05, 0) is 32.9 Å². The van der Waals surface area contributed by atoms with Crippen molar-refractivity contribution in [1.29, 1.82) is 0 Å². The normalized spacial score (nSPS) is 21.5. The van der Waals surface area contributed by atoms with E-state index < -0.39 is 0 Å². The molecule has 0 saturated carbocycles. The Morgan fingerprint density at radius 3 is 3.19 bits per heavy atom. The van der Waals surface area contributed by atoms with Crippen LogP contribution in [0.1, 0.15) is 25.0 Å². The summed E-state index contributed by atoms with van der Waals surface area (Å²) in [6.07, 6.45) is 5.18. The number of ether oxygens (including phenoxy) is 1. The first-order chi connectivity index (χ1) is 7.79. The molecule has 90 valence electrons. The molecule has 0 radical (unpaired) electrons. The second-order valence-electron chi connectivity index (χ2n) is 4.18. The third-order valence-corrected chi connectivity index (χ3v) is 3.04. The van der Waals surface area contributed by atoms with Crippen LogP contribution in [0, 0.1) is 0 Å². The quantitative estimate of drug-likeness (QED) is 0.812. The maximum absolute atomic E-state index is 8.80. The smallest absolute Gasteiger partial charge is 0.393 e. The molecule has 1 N–H and O–H groups in total. The molecule has 1 aromatic heterocycles. The minimum absolute atomic E-state index is 0.113. The lowest BCUT2D eigenvalue weighted by atomic mass is 10.2. The number of nitrogens with zero attached hydrogens (tertiary/aromatic N) is 2. The molecule has 0 aliphatic carbocycles. The Kier molecular flexibility index (Phi) is 3.79. The number of oxazole rings is 1. The summed E-state index contributed by atoms with van der Waals surface area (Å²) in [4.78, 5) is 6.32. The first kappa shape index (κ1) is 11.4. The fraction of sp³-hybridized carbons (Fsp3) is 0.727. The Hall–Kier alpha value is -1.07. The lowest BCUT2D eigenvalue weighted by Crippen LogP contribution is -2.26. The van der Waals surface area contributed by atoms with Crippen molar-refractivity contribution in [2.45, 2.75) is 31.9 Å². The van der Waals surface area contributed by atoms with Crippen LogP contribution in [0.4, 0.5) is 0 Å². The van der Waals surface area contributed by atoms with E-state index >= 15 is 0 Å². The Morgan fingerprint density at radius 1 is 1.69 bits per heavy atom. The number of aromatic nitrogens is 1. The van der Waals surface area contributed by atoms with Gasteiger partial charge >= 0.3 is 6.08 Å². The number of aliphatic hydroxyl groups is 1. The first-order valence-electron chi connectivity index (χ1n) is 5.68. The van der Waals surface area contributed by atoms with Crippen LogP contribution in [0.15, 0.2) is 10.7 Å². The molecule has 5 nitrogen and oxygen atoms in total. The molecule has 1 fully saturated rings. The summed E-state index contributed by atoms with van der Waals surface area (Å²) in [5.41, 5.74) is 0.507. The largest absolute Gasteiger partial charge is 0.450 e. The van der Waals surface area contributed by atoms with Crippen molar-refractivity contribution in [1.82, 2.24) is 9.88 Å². The van der Waals surface area contributed by atoms with Crippen LogP contribution in [-0.2, 0) is 6.61 Å². The van der Waals surface area contributed by atoms with Crippen LogP contribution in [0.2, 0.25) is 0 Å². The van der Waals surface area contributed by atoms with E-state index in [0.717, 1.165) is 6.42 Å². The fourth-order valence-electron chi connectivity index (χ4n) is 2.05. The topological polar surface area (TPSA) is 58.7 Å². The van der Waals surface area contributed by atoms with Crippen LogP contribution in [0.5, 0.6) is 6.08 Å². The van der Waals surface area contributed by atoms with Gasteiger partial charge in [-0.15, -0.1) is 0 Å². The van der Waals surface area contributed by atoms with Gasteiger partial charge in [-0.2, -0.15) is 4.98 Å². The van der Waals surface area contributed by atoms with Crippen molar-refractivity contribution in [3.63, 3.8) is 0 Å². The van der Waals surface area contributed by atoms with Gasteiger partial charge < -0.3 is 19.2 Å². The molecular formula is C11H18N2O3. The molecule has 0 amide bonds. The van der Waals surface area contributed by atoms with E-state index in [0.29, 0.717) is 18.3 Å². The van der Waals surface area contributed by atoms with Gasteiger partial charge in [-0.1, -0.05) is 0 Å². The average Bonchev–Trinajstić information content (AvgIpc) is 2.89. The third kappa shape index (κ3) is 2.74. The predicted molar refractivity (Wildman–Crippen MR) is 58.2 cm³/mol. The van der Waals surface area contributed by atoms with Gasteiger partial charge in [-0.25, -0.2) is 0 Å². The molecule has 1 saturated heterocycles. The standard InChI is InChI=1S/C11H18N2O3/c1-13-5-2-3-10(13)4-6-15-11-12-9(7-14)8-16-11/h8,10,14H,2-7H2,1H3. The SMILES string of the molecule is CN1CCCC1CCOc1nc(CO)co1. The molecular weight excluding hydrogens is 208 g/mol. The summed E-state index contributed by atoms with van der Waals surface area (Å²) in [5.74, 6) is 0. The van der Waals surface area contributed by atoms with E-state index in [1.54, 1.807) is 0 Å². The fourth-order valence-corrected chi connectivity index (χ4v) is 2.05. The van der Waals surface area contributed by atoms with Crippen LogP contribution in [0.25, 0.3) is 0 Å². The number of rotatable bonds is 5. The zero-order valence-corrected chi connectivity index (χ0v) is 9.56. The van der Waals surface area contributed by atoms with Crippen LogP contribution < -0.4 is 4.74 Å². The summed E-state index contributed by atoms with van der Waals surface area (Å²) in [6, 6.07) is 0.618. The summed E-state index contributed by atoms with van der Waals surface area (Å²) >= 11 is 0. The number of likely N-dealkylation sites (tertiary alicyclic amines) is 1. The van der Waals surface area contributed by atoms with Gasteiger partial charge in [0.25, 0.3) is 0 Å². The number of hydrogen-bond acceptors (Lipinski definition) is 5. The highest BCUT2D eigenvalue weighted by Gasteiger charge is 2.20. The second-order valence-corrected chi connectivity index (χ2v) is 4.18. The Balaban J connectivity index is 1.71. The van der Waals surface area contributed by atoms with Gasteiger partial charge in [0, 0.05) is 6.04 Å². The summed E-state index contributed by atoms with van der Waals surface area (Å²) < 4.78 is 10.4. The molecule has 2 rings (SSSR count). The van der Waals surface area contributed by atoms with Crippen molar-refractivity contribution < 1.29 is 14.3 Å². The third-order valence-electron chi connectivity index (χ3n) is 3.04. The zero-order valence-electron chi connectivity index (χ0n) is 9.56. The van der Waals surface area contributed by atoms with E-state index in [2.05, 4.69) is 16.9 Å². The van der Waals surface area contributed by atoms with Crippen LogP contribution in [0.3, 0.4) is 0 Å². The molecule has 0 bridgehead atoms. The summed E-state index contributed by atoms with van der Waals surface area (Å²) in [7, 11) is 2.15. The van der Waals surface area contributed by atoms with E-state index in [9.17, 15) is 0 Å². The first-order valence-corrected chi connectivity index (χ1v) is 5.68. The van der Waals surface area contributed by atoms with E-state index in [-0.39, 0.29) is 12.7 Å².